The fourth-order valence-corrected chi connectivity index (χ4v) is 8.15. The molecule has 1 N–H and O–H groups in total. The number of carbonyl (C=O) groups excluding carboxylic acids is 3. The van der Waals surface area contributed by atoms with Crippen LogP contribution in [-0.4, -0.2) is 34.6 Å². The Kier molecular flexibility index (Phi) is 7.58. The minimum absolute atomic E-state index is 0.234. The third kappa shape index (κ3) is 5.28. The molecule has 0 unspecified atom stereocenters. The van der Waals surface area contributed by atoms with E-state index in [-0.39, 0.29) is 10.7 Å². The Morgan fingerprint density at radius 1 is 0.977 bits per heavy atom. The monoisotopic (exact) mass is 643 g/mol. The van der Waals surface area contributed by atoms with Gasteiger partial charge in [0.05, 0.1) is 29.3 Å². The number of halogens is 4. The first-order chi connectivity index (χ1) is 21.0. The number of thioether (sulfide) groups is 1. The Labute approximate surface area is 255 Å². The SMILES string of the molecule is COc1ccc(NC(=O)Cn2c3c(sc2=O)[C@@H](c2ccc(F)cc2)[C@H]2C(=O)N(c4cccc(C(F)(F)F)c4)C(=O)[C@H]2S3)cc1. The first kappa shape index (κ1) is 29.6. The van der Waals surface area contributed by atoms with Crippen molar-refractivity contribution in [2.75, 3.05) is 17.3 Å². The number of amides is 3. The molecule has 0 aliphatic carbocycles. The van der Waals surface area contributed by atoms with Crippen LogP contribution in [0.25, 0.3) is 0 Å². The predicted octanol–water partition coefficient (Wildman–Crippen LogP) is 5.51. The lowest BCUT2D eigenvalue weighted by molar-refractivity contribution is -0.137. The number of rotatable bonds is 6. The summed E-state index contributed by atoms with van der Waals surface area (Å²) >= 11 is 1.72. The van der Waals surface area contributed by atoms with Crippen molar-refractivity contribution in [2.24, 2.45) is 5.92 Å². The van der Waals surface area contributed by atoms with Gasteiger partial charge in [-0.2, -0.15) is 13.2 Å². The van der Waals surface area contributed by atoms with Crippen LogP contribution in [0.4, 0.5) is 28.9 Å². The molecular formula is C30H21F4N3O5S2. The lowest BCUT2D eigenvalue weighted by atomic mass is 9.83. The molecule has 0 spiro atoms. The maximum Gasteiger partial charge on any atom is 0.416 e. The van der Waals surface area contributed by atoms with E-state index in [9.17, 15) is 36.7 Å². The number of ether oxygens (including phenoxy) is 1. The highest BCUT2D eigenvalue weighted by Gasteiger charge is 2.57. The van der Waals surface area contributed by atoms with Crippen LogP contribution in [0.2, 0.25) is 0 Å². The summed E-state index contributed by atoms with van der Waals surface area (Å²) in [5.41, 5.74) is -0.365. The van der Waals surface area contributed by atoms with Gasteiger partial charge in [-0.15, -0.1) is 0 Å². The number of carbonyl (C=O) groups is 3. The molecule has 226 valence electrons. The van der Waals surface area contributed by atoms with E-state index in [4.69, 9.17) is 4.74 Å². The van der Waals surface area contributed by atoms with Crippen LogP contribution < -0.4 is 19.8 Å². The Morgan fingerprint density at radius 3 is 2.34 bits per heavy atom. The Morgan fingerprint density at radius 2 is 1.68 bits per heavy atom. The van der Waals surface area contributed by atoms with Gasteiger partial charge in [-0.05, 0) is 60.2 Å². The van der Waals surface area contributed by atoms with Gasteiger partial charge >= 0.3 is 11.0 Å². The quantitative estimate of drug-likeness (QED) is 0.220. The number of thiazole rings is 1. The van der Waals surface area contributed by atoms with E-state index in [1.165, 1.54) is 42.0 Å². The Hall–Kier alpha value is -4.43. The molecule has 3 heterocycles. The third-order valence-corrected chi connectivity index (χ3v) is 9.99. The molecule has 1 fully saturated rings. The summed E-state index contributed by atoms with van der Waals surface area (Å²) < 4.78 is 60.6. The van der Waals surface area contributed by atoms with E-state index in [1.807, 2.05) is 0 Å². The summed E-state index contributed by atoms with van der Waals surface area (Å²) in [5, 5.41) is 1.86. The highest BCUT2D eigenvalue weighted by atomic mass is 32.2. The molecule has 4 aromatic rings. The molecule has 3 amide bonds. The molecule has 2 aliphatic heterocycles. The molecule has 0 saturated carbocycles. The number of anilines is 2. The second-order valence-electron chi connectivity index (χ2n) is 10.1. The summed E-state index contributed by atoms with van der Waals surface area (Å²) in [6.07, 6.45) is -4.70. The standard InChI is InChI=1S/C30H21F4N3O5S2/c1-42-20-11-9-18(10-12-20)35-21(38)14-36-28-25(44-29(36)41)22(15-5-7-17(31)8-6-15)23-24(43-28)27(40)37(26(23)39)19-4-2-3-16(13-19)30(32,33)34/h2-13,22-24H,14H2,1H3,(H,35,38)/t22-,23+,24-/m0/s1. The number of alkyl halides is 3. The van der Waals surface area contributed by atoms with Crippen LogP contribution in [0.15, 0.2) is 82.6 Å². The van der Waals surface area contributed by atoms with Crippen molar-refractivity contribution < 1.29 is 36.7 Å². The molecule has 0 bridgehead atoms. The second kappa shape index (κ2) is 11.2. The van der Waals surface area contributed by atoms with Gasteiger partial charge in [0.15, 0.2) is 0 Å². The van der Waals surface area contributed by atoms with Crippen LogP contribution in [0, 0.1) is 11.7 Å². The number of nitrogens with zero attached hydrogens (tertiary/aromatic N) is 2. The van der Waals surface area contributed by atoms with E-state index >= 15 is 0 Å². The average Bonchev–Trinajstić information content (AvgIpc) is 3.43. The van der Waals surface area contributed by atoms with Crippen molar-refractivity contribution in [1.82, 2.24) is 4.57 Å². The summed E-state index contributed by atoms with van der Waals surface area (Å²) in [4.78, 5) is 54.5. The van der Waals surface area contributed by atoms with E-state index in [2.05, 4.69) is 5.32 Å². The molecule has 1 saturated heterocycles. The number of methoxy groups -OCH3 is 1. The largest absolute Gasteiger partial charge is 0.497 e. The van der Waals surface area contributed by atoms with Crippen LogP contribution in [-0.2, 0) is 27.1 Å². The van der Waals surface area contributed by atoms with Crippen LogP contribution >= 0.6 is 23.1 Å². The van der Waals surface area contributed by atoms with Gasteiger partial charge in [0.2, 0.25) is 17.7 Å². The van der Waals surface area contributed by atoms with Gasteiger partial charge in [-0.3, -0.25) is 23.7 Å². The molecule has 44 heavy (non-hydrogen) atoms. The maximum atomic E-state index is 13.9. The molecule has 6 rings (SSSR count). The lowest BCUT2D eigenvalue weighted by Gasteiger charge is -2.30. The smallest absolute Gasteiger partial charge is 0.416 e. The number of nitrogens with one attached hydrogen (secondary N) is 1. The van der Waals surface area contributed by atoms with Gasteiger partial charge in [0, 0.05) is 16.5 Å². The first-order valence-electron chi connectivity index (χ1n) is 13.1. The lowest BCUT2D eigenvalue weighted by Crippen LogP contribution is -2.33. The molecule has 8 nitrogen and oxygen atoms in total. The van der Waals surface area contributed by atoms with E-state index < -0.39 is 63.8 Å². The van der Waals surface area contributed by atoms with Gasteiger partial charge in [0.1, 0.15) is 23.4 Å². The van der Waals surface area contributed by atoms with Gasteiger partial charge in [-0.25, -0.2) is 9.29 Å². The van der Waals surface area contributed by atoms with E-state index in [0.29, 0.717) is 21.9 Å². The zero-order valence-corrected chi connectivity index (χ0v) is 24.3. The molecule has 0 radical (unpaired) electrons. The first-order valence-corrected chi connectivity index (χ1v) is 14.8. The van der Waals surface area contributed by atoms with Crippen molar-refractivity contribution in [2.45, 2.75) is 28.9 Å². The zero-order valence-electron chi connectivity index (χ0n) is 22.6. The number of benzene rings is 3. The highest BCUT2D eigenvalue weighted by Crippen LogP contribution is 2.54. The van der Waals surface area contributed by atoms with Crippen LogP contribution in [0.5, 0.6) is 5.75 Å². The van der Waals surface area contributed by atoms with Crippen molar-refractivity contribution >= 4 is 52.2 Å². The molecular weight excluding hydrogens is 622 g/mol. The van der Waals surface area contributed by atoms with Gasteiger partial charge < -0.3 is 10.1 Å². The summed E-state index contributed by atoms with van der Waals surface area (Å²) in [6.45, 7) is -0.406. The Balaban J connectivity index is 1.39. The summed E-state index contributed by atoms with van der Waals surface area (Å²) in [5.74, 6) is -3.98. The molecule has 3 aromatic carbocycles. The number of fused-ring (bicyclic) bond motifs is 2. The number of imide groups is 1. The molecule has 1 aromatic heterocycles. The number of hydrogen-bond acceptors (Lipinski definition) is 7. The van der Waals surface area contributed by atoms with Gasteiger partial charge in [-0.1, -0.05) is 41.3 Å². The van der Waals surface area contributed by atoms with Crippen LogP contribution in [0.1, 0.15) is 21.9 Å². The van der Waals surface area contributed by atoms with Crippen molar-refractivity contribution in [3.05, 3.63) is 104 Å². The predicted molar refractivity (Wildman–Crippen MR) is 156 cm³/mol. The molecule has 14 heteroatoms. The third-order valence-electron chi connectivity index (χ3n) is 7.39. The highest BCUT2D eigenvalue weighted by molar-refractivity contribution is 8.00. The summed E-state index contributed by atoms with van der Waals surface area (Å²) in [7, 11) is 1.50. The van der Waals surface area contributed by atoms with E-state index in [1.54, 1.807) is 24.3 Å². The zero-order chi connectivity index (χ0) is 31.3. The maximum absolute atomic E-state index is 13.9. The fourth-order valence-electron chi connectivity index (χ4n) is 5.38. The second-order valence-corrected chi connectivity index (χ2v) is 12.2. The Bertz CT molecular complexity index is 1840. The minimum Gasteiger partial charge on any atom is -0.497 e. The van der Waals surface area contributed by atoms with Crippen molar-refractivity contribution in [3.63, 3.8) is 0 Å². The number of hydrogen-bond donors (Lipinski definition) is 1. The van der Waals surface area contributed by atoms with E-state index in [0.717, 1.165) is 46.2 Å². The average molecular weight is 644 g/mol. The molecule has 3 atom stereocenters. The van der Waals surface area contributed by atoms with Crippen LogP contribution in [0.3, 0.4) is 0 Å². The summed E-state index contributed by atoms with van der Waals surface area (Å²) in [6, 6.07) is 15.7. The van der Waals surface area contributed by atoms with Crippen molar-refractivity contribution in [1.29, 1.82) is 0 Å². The van der Waals surface area contributed by atoms with Crippen molar-refractivity contribution in [3.8, 4) is 5.75 Å². The van der Waals surface area contributed by atoms with Gasteiger partial charge in [0.25, 0.3) is 0 Å². The fraction of sp³-hybridized carbons (Fsp3) is 0.200. The topological polar surface area (TPSA) is 97.7 Å². The molecule has 2 aliphatic rings. The normalized spacial score (nSPS) is 19.5. The minimum atomic E-state index is -4.70. The number of aromatic nitrogens is 1.